The Morgan fingerprint density at radius 3 is 2.41 bits per heavy atom. The van der Waals surface area contributed by atoms with Crippen molar-refractivity contribution in [3.63, 3.8) is 0 Å². The minimum atomic E-state index is -0.999. The summed E-state index contributed by atoms with van der Waals surface area (Å²) in [4.78, 5) is 18.2. The van der Waals surface area contributed by atoms with Crippen molar-refractivity contribution >= 4 is 23.6 Å². The minimum absolute atomic E-state index is 0.0869. The standard InChI is InChI=1S/C10H13N5O2/c1-5-4-6(8(16)17)2-3-7(5)14-10(13)15-9(11)12/h2-4H,1H3,(H,16,17)(H6,11,12,13,14,15). The Balaban J connectivity index is 3.09. The highest BCUT2D eigenvalue weighted by Gasteiger charge is 2.05. The SMILES string of the molecule is Cc1cc(C(=O)O)ccc1N=C(N)N=C(N)N. The lowest BCUT2D eigenvalue weighted by Crippen LogP contribution is -2.26. The Labute approximate surface area is 97.7 Å². The van der Waals surface area contributed by atoms with E-state index in [1.165, 1.54) is 18.2 Å². The van der Waals surface area contributed by atoms with Gasteiger partial charge in [0.15, 0.2) is 5.96 Å². The molecule has 7 N–H and O–H groups in total. The van der Waals surface area contributed by atoms with Crippen molar-refractivity contribution < 1.29 is 9.90 Å². The maximum Gasteiger partial charge on any atom is 0.335 e. The molecule has 0 atom stereocenters. The summed E-state index contributed by atoms with van der Waals surface area (Å²) in [5.74, 6) is -1.27. The monoisotopic (exact) mass is 235 g/mol. The lowest BCUT2D eigenvalue weighted by atomic mass is 10.1. The molecule has 0 spiro atoms. The number of carboxylic acids is 1. The van der Waals surface area contributed by atoms with Crippen LogP contribution in [0.3, 0.4) is 0 Å². The second kappa shape index (κ2) is 4.97. The van der Waals surface area contributed by atoms with Gasteiger partial charge in [0, 0.05) is 0 Å². The summed E-state index contributed by atoms with van der Waals surface area (Å²) in [6.45, 7) is 1.72. The highest BCUT2D eigenvalue weighted by atomic mass is 16.4. The smallest absolute Gasteiger partial charge is 0.335 e. The fourth-order valence-electron chi connectivity index (χ4n) is 1.19. The summed E-state index contributed by atoms with van der Waals surface area (Å²) in [6.07, 6.45) is 0. The fraction of sp³-hybridized carbons (Fsp3) is 0.100. The number of nitrogens with zero attached hydrogens (tertiary/aromatic N) is 2. The highest BCUT2D eigenvalue weighted by molar-refractivity contribution is 5.94. The van der Waals surface area contributed by atoms with E-state index < -0.39 is 5.97 Å². The molecule has 0 aromatic heterocycles. The van der Waals surface area contributed by atoms with E-state index in [0.717, 1.165) is 0 Å². The van der Waals surface area contributed by atoms with Crippen molar-refractivity contribution in [3.05, 3.63) is 29.3 Å². The van der Waals surface area contributed by atoms with Gasteiger partial charge in [-0.25, -0.2) is 9.79 Å². The Bertz CT molecular complexity index is 503. The number of carboxylic acid groups (broad SMARTS) is 1. The molecule has 1 aromatic rings. The van der Waals surface area contributed by atoms with Gasteiger partial charge in [0.05, 0.1) is 11.3 Å². The topological polar surface area (TPSA) is 140 Å². The Hall–Kier alpha value is -2.57. The van der Waals surface area contributed by atoms with Crippen molar-refractivity contribution in [2.75, 3.05) is 0 Å². The number of hydrogen-bond donors (Lipinski definition) is 4. The number of aromatic carboxylic acids is 1. The van der Waals surface area contributed by atoms with Crippen LogP contribution < -0.4 is 17.2 Å². The average Bonchev–Trinajstić information content (AvgIpc) is 2.19. The molecule has 1 aromatic carbocycles. The van der Waals surface area contributed by atoms with Crippen LogP contribution in [0.4, 0.5) is 5.69 Å². The second-order valence-corrected chi connectivity index (χ2v) is 3.31. The molecule has 17 heavy (non-hydrogen) atoms. The summed E-state index contributed by atoms with van der Waals surface area (Å²) in [6, 6.07) is 4.45. The number of carbonyl (C=O) groups is 1. The van der Waals surface area contributed by atoms with Gasteiger partial charge >= 0.3 is 5.97 Å². The summed E-state index contributed by atoms with van der Waals surface area (Å²) in [5, 5.41) is 8.79. The van der Waals surface area contributed by atoms with E-state index in [1.54, 1.807) is 6.92 Å². The molecule has 0 fully saturated rings. The van der Waals surface area contributed by atoms with Crippen molar-refractivity contribution in [2.45, 2.75) is 6.92 Å². The van der Waals surface area contributed by atoms with Gasteiger partial charge in [0.1, 0.15) is 0 Å². The largest absolute Gasteiger partial charge is 0.478 e. The predicted octanol–water partition coefficient (Wildman–Crippen LogP) is -0.0872. The lowest BCUT2D eigenvalue weighted by Gasteiger charge is -2.02. The van der Waals surface area contributed by atoms with Gasteiger partial charge in [-0.05, 0) is 30.7 Å². The number of hydrogen-bond acceptors (Lipinski definition) is 2. The van der Waals surface area contributed by atoms with Gasteiger partial charge < -0.3 is 22.3 Å². The molecule has 90 valence electrons. The first kappa shape index (κ1) is 12.5. The average molecular weight is 235 g/mol. The third-order valence-electron chi connectivity index (χ3n) is 1.92. The van der Waals surface area contributed by atoms with Gasteiger partial charge in [-0.3, -0.25) is 0 Å². The molecule has 0 unspecified atom stereocenters. The van der Waals surface area contributed by atoms with Crippen LogP contribution in [0.5, 0.6) is 0 Å². The number of guanidine groups is 2. The molecule has 0 saturated heterocycles. The Kier molecular flexibility index (Phi) is 3.66. The molecule has 7 heteroatoms. The number of rotatable bonds is 2. The van der Waals surface area contributed by atoms with Crippen molar-refractivity contribution in [3.8, 4) is 0 Å². The maximum atomic E-state index is 10.7. The maximum absolute atomic E-state index is 10.7. The van der Waals surface area contributed by atoms with Gasteiger partial charge in [0.2, 0.25) is 5.96 Å². The van der Waals surface area contributed by atoms with E-state index in [2.05, 4.69) is 9.98 Å². The van der Waals surface area contributed by atoms with Gasteiger partial charge in [-0.1, -0.05) is 0 Å². The zero-order chi connectivity index (χ0) is 13.0. The molecule has 0 amide bonds. The molecule has 0 heterocycles. The summed E-state index contributed by atoms with van der Waals surface area (Å²) in [7, 11) is 0. The molecule has 1 rings (SSSR count). The molecule has 0 radical (unpaired) electrons. The summed E-state index contributed by atoms with van der Waals surface area (Å²) in [5.41, 5.74) is 17.1. The van der Waals surface area contributed by atoms with Crippen LogP contribution in [-0.2, 0) is 0 Å². The quantitative estimate of drug-likeness (QED) is 0.419. The first-order valence-corrected chi connectivity index (χ1v) is 4.68. The van der Waals surface area contributed by atoms with Crippen LogP contribution in [-0.4, -0.2) is 23.0 Å². The minimum Gasteiger partial charge on any atom is -0.478 e. The number of aryl methyl sites for hydroxylation is 1. The van der Waals surface area contributed by atoms with E-state index in [0.29, 0.717) is 11.3 Å². The van der Waals surface area contributed by atoms with E-state index in [1.807, 2.05) is 0 Å². The van der Waals surface area contributed by atoms with E-state index in [9.17, 15) is 4.79 Å². The predicted molar refractivity (Wildman–Crippen MR) is 65.2 cm³/mol. The van der Waals surface area contributed by atoms with E-state index in [-0.39, 0.29) is 17.5 Å². The molecule has 0 saturated carbocycles. The zero-order valence-electron chi connectivity index (χ0n) is 9.21. The van der Waals surface area contributed by atoms with Crippen molar-refractivity contribution in [1.29, 1.82) is 0 Å². The number of benzene rings is 1. The molecule has 0 aliphatic carbocycles. The van der Waals surface area contributed by atoms with Crippen LogP contribution in [0.1, 0.15) is 15.9 Å². The van der Waals surface area contributed by atoms with Crippen LogP contribution in [0.25, 0.3) is 0 Å². The zero-order valence-corrected chi connectivity index (χ0v) is 9.21. The third-order valence-corrected chi connectivity index (χ3v) is 1.92. The number of aliphatic imine (C=N–C) groups is 2. The van der Waals surface area contributed by atoms with E-state index >= 15 is 0 Å². The first-order chi connectivity index (χ1) is 7.90. The molecule has 7 nitrogen and oxygen atoms in total. The van der Waals surface area contributed by atoms with E-state index in [4.69, 9.17) is 22.3 Å². The van der Waals surface area contributed by atoms with Crippen molar-refractivity contribution in [1.82, 2.24) is 0 Å². The van der Waals surface area contributed by atoms with Crippen LogP contribution >= 0.6 is 0 Å². The number of nitrogens with two attached hydrogens (primary N) is 3. The lowest BCUT2D eigenvalue weighted by molar-refractivity contribution is 0.0697. The third kappa shape index (κ3) is 3.49. The molecule has 0 bridgehead atoms. The van der Waals surface area contributed by atoms with Crippen LogP contribution in [0.15, 0.2) is 28.2 Å². The van der Waals surface area contributed by atoms with Gasteiger partial charge in [-0.15, -0.1) is 0 Å². The van der Waals surface area contributed by atoms with Crippen LogP contribution in [0, 0.1) is 6.92 Å². The first-order valence-electron chi connectivity index (χ1n) is 4.68. The molecule has 0 aliphatic heterocycles. The second-order valence-electron chi connectivity index (χ2n) is 3.31. The van der Waals surface area contributed by atoms with Gasteiger partial charge in [0.25, 0.3) is 0 Å². The van der Waals surface area contributed by atoms with Crippen molar-refractivity contribution in [2.24, 2.45) is 27.2 Å². The molecular formula is C10H13N5O2. The highest BCUT2D eigenvalue weighted by Crippen LogP contribution is 2.19. The normalized spacial score (nSPS) is 11.0. The van der Waals surface area contributed by atoms with Crippen LogP contribution in [0.2, 0.25) is 0 Å². The Morgan fingerprint density at radius 2 is 1.94 bits per heavy atom. The fourth-order valence-corrected chi connectivity index (χ4v) is 1.19. The van der Waals surface area contributed by atoms with Gasteiger partial charge in [-0.2, -0.15) is 4.99 Å². The summed E-state index contributed by atoms with van der Waals surface area (Å²) < 4.78 is 0. The molecule has 0 aliphatic rings. The Morgan fingerprint density at radius 1 is 1.29 bits per heavy atom. The molecular weight excluding hydrogens is 222 g/mol. The summed E-state index contributed by atoms with van der Waals surface area (Å²) >= 11 is 0.